The van der Waals surface area contributed by atoms with Gasteiger partial charge >= 0.3 is 0 Å². The summed E-state index contributed by atoms with van der Waals surface area (Å²) in [5.74, 6) is -0.197. The molecule has 0 saturated carbocycles. The lowest BCUT2D eigenvalue weighted by molar-refractivity contribution is -0.116. The molecule has 148 valence electrons. The van der Waals surface area contributed by atoms with Gasteiger partial charge in [0.05, 0.1) is 17.0 Å². The first-order valence-electron chi connectivity index (χ1n) is 9.51. The largest absolute Gasteiger partial charge is 0.493 e. The van der Waals surface area contributed by atoms with Gasteiger partial charge in [0.25, 0.3) is 5.56 Å². The summed E-state index contributed by atoms with van der Waals surface area (Å²) < 4.78 is 1.47. The Morgan fingerprint density at radius 3 is 2.62 bits per heavy atom. The minimum absolute atomic E-state index is 0.0483. The van der Waals surface area contributed by atoms with Gasteiger partial charge in [0, 0.05) is 12.2 Å². The molecule has 7 heteroatoms. The maximum atomic E-state index is 13.0. The summed E-state index contributed by atoms with van der Waals surface area (Å²) in [4.78, 5) is 31.8. The van der Waals surface area contributed by atoms with Gasteiger partial charge in [-0.3, -0.25) is 14.2 Å². The Balaban J connectivity index is 1.64. The fourth-order valence-electron chi connectivity index (χ4n) is 3.54. The number of fused-ring (bicyclic) bond motifs is 1. The molecule has 1 aliphatic heterocycles. The number of anilines is 1. The number of thioether (sulfide) groups is 1. The normalized spacial score (nSPS) is 12.8. The van der Waals surface area contributed by atoms with Gasteiger partial charge in [0.15, 0.2) is 5.16 Å². The van der Waals surface area contributed by atoms with Crippen LogP contribution in [0.3, 0.4) is 0 Å². The van der Waals surface area contributed by atoms with Crippen LogP contribution >= 0.6 is 11.8 Å². The summed E-state index contributed by atoms with van der Waals surface area (Å²) in [6.07, 6.45) is 1.21. The van der Waals surface area contributed by atoms with Crippen molar-refractivity contribution in [2.75, 3.05) is 17.2 Å². The Morgan fingerprint density at radius 2 is 1.86 bits per heavy atom. The van der Waals surface area contributed by atoms with Crippen LogP contribution in [0.25, 0.3) is 5.69 Å². The number of carbonyl (C=O) groups is 1. The molecule has 0 spiro atoms. The number of carbonyl (C=O) groups excluding carboxylic acids is 1. The van der Waals surface area contributed by atoms with Crippen molar-refractivity contribution < 1.29 is 9.90 Å². The smallest absolute Gasteiger partial charge is 0.265 e. The fourth-order valence-corrected chi connectivity index (χ4v) is 4.41. The summed E-state index contributed by atoms with van der Waals surface area (Å²) in [6, 6.07) is 17.0. The third kappa shape index (κ3) is 3.65. The Hall–Kier alpha value is -3.06. The first-order chi connectivity index (χ1) is 14.1. The number of benzene rings is 2. The molecule has 1 N–H and O–H groups in total. The number of aromatic nitrogens is 2. The van der Waals surface area contributed by atoms with Crippen molar-refractivity contribution in [1.29, 1.82) is 0 Å². The van der Waals surface area contributed by atoms with E-state index in [-0.39, 0.29) is 28.7 Å². The van der Waals surface area contributed by atoms with E-state index in [1.54, 1.807) is 11.8 Å². The van der Waals surface area contributed by atoms with Crippen molar-refractivity contribution in [3.8, 4) is 11.6 Å². The second-order valence-electron chi connectivity index (χ2n) is 6.74. The highest BCUT2D eigenvalue weighted by atomic mass is 32.2. The minimum atomic E-state index is -0.312. The number of para-hydroxylation sites is 2. The molecule has 2 heterocycles. The zero-order chi connectivity index (χ0) is 20.4. The van der Waals surface area contributed by atoms with Crippen molar-refractivity contribution >= 4 is 23.4 Å². The zero-order valence-electron chi connectivity index (χ0n) is 16.0. The molecular formula is C22H21N3O3S. The topological polar surface area (TPSA) is 75.4 Å². The maximum Gasteiger partial charge on any atom is 0.265 e. The molecule has 1 aliphatic rings. The standard InChI is InChI=1S/C22H21N3O3S/c1-2-17-20(27)23-22(25(21(17)28)16-9-4-3-5-10-16)29-14-19(26)24-13-12-15-8-6-7-11-18(15)24/h3-11,27H,2,12-14H2,1H3. The number of rotatable bonds is 5. The molecule has 4 rings (SSSR count). The number of hydrogen-bond acceptors (Lipinski definition) is 5. The lowest BCUT2D eigenvalue weighted by Crippen LogP contribution is -2.31. The van der Waals surface area contributed by atoms with Crippen molar-refractivity contribution in [2.24, 2.45) is 0 Å². The third-order valence-electron chi connectivity index (χ3n) is 5.00. The molecule has 29 heavy (non-hydrogen) atoms. The Kier molecular flexibility index (Phi) is 5.40. The molecule has 0 unspecified atom stereocenters. The first kappa shape index (κ1) is 19.3. The molecule has 0 atom stereocenters. The number of hydrogen-bond donors (Lipinski definition) is 1. The molecule has 0 aliphatic carbocycles. The Bertz CT molecular complexity index is 1110. The van der Waals surface area contributed by atoms with Crippen LogP contribution in [0.15, 0.2) is 64.5 Å². The molecule has 1 amide bonds. The number of nitrogens with zero attached hydrogens (tertiary/aromatic N) is 3. The van der Waals surface area contributed by atoms with Crippen molar-refractivity contribution in [2.45, 2.75) is 24.9 Å². The quantitative estimate of drug-likeness (QED) is 0.519. The number of aromatic hydroxyl groups is 1. The van der Waals surface area contributed by atoms with Gasteiger partial charge in [-0.15, -0.1) is 0 Å². The summed E-state index contributed by atoms with van der Waals surface area (Å²) in [5.41, 5.74) is 2.71. The van der Waals surface area contributed by atoms with Crippen LogP contribution in [-0.2, 0) is 17.6 Å². The molecule has 3 aromatic rings. The molecule has 0 radical (unpaired) electrons. The van der Waals surface area contributed by atoms with E-state index in [1.807, 2.05) is 54.6 Å². The van der Waals surface area contributed by atoms with E-state index < -0.39 is 0 Å². The van der Waals surface area contributed by atoms with E-state index in [0.717, 1.165) is 29.4 Å². The van der Waals surface area contributed by atoms with E-state index in [1.165, 1.54) is 4.57 Å². The molecule has 0 saturated heterocycles. The van der Waals surface area contributed by atoms with Crippen LogP contribution in [-0.4, -0.2) is 32.9 Å². The van der Waals surface area contributed by atoms with Crippen LogP contribution in [0.1, 0.15) is 18.1 Å². The van der Waals surface area contributed by atoms with Gasteiger partial charge < -0.3 is 10.0 Å². The summed E-state index contributed by atoms with van der Waals surface area (Å²) >= 11 is 1.16. The first-order valence-corrected chi connectivity index (χ1v) is 10.5. The monoisotopic (exact) mass is 407 g/mol. The molecule has 6 nitrogen and oxygen atoms in total. The van der Waals surface area contributed by atoms with Gasteiger partial charge in [-0.05, 0) is 36.6 Å². The van der Waals surface area contributed by atoms with E-state index in [0.29, 0.717) is 23.8 Å². The van der Waals surface area contributed by atoms with Crippen LogP contribution in [0.5, 0.6) is 5.88 Å². The average molecular weight is 407 g/mol. The third-order valence-corrected chi connectivity index (χ3v) is 5.93. The van der Waals surface area contributed by atoms with E-state index >= 15 is 0 Å². The van der Waals surface area contributed by atoms with Crippen molar-refractivity contribution in [3.63, 3.8) is 0 Å². The lowest BCUT2D eigenvalue weighted by atomic mass is 10.2. The second-order valence-corrected chi connectivity index (χ2v) is 7.68. The Labute approximate surface area is 172 Å². The SMILES string of the molecule is CCc1c(O)nc(SCC(=O)N2CCc3ccccc32)n(-c2ccccc2)c1=O. The average Bonchev–Trinajstić information content (AvgIpc) is 3.17. The van der Waals surface area contributed by atoms with Gasteiger partial charge in [-0.2, -0.15) is 4.98 Å². The van der Waals surface area contributed by atoms with Crippen molar-refractivity contribution in [1.82, 2.24) is 9.55 Å². The maximum absolute atomic E-state index is 13.0. The molecule has 0 bridgehead atoms. The summed E-state index contributed by atoms with van der Waals surface area (Å²) in [7, 11) is 0. The van der Waals surface area contributed by atoms with E-state index in [2.05, 4.69) is 4.98 Å². The van der Waals surface area contributed by atoms with E-state index in [9.17, 15) is 14.7 Å². The highest BCUT2D eigenvalue weighted by Crippen LogP contribution is 2.29. The molecule has 0 fully saturated rings. The number of amides is 1. The van der Waals surface area contributed by atoms with E-state index in [4.69, 9.17) is 0 Å². The van der Waals surface area contributed by atoms with Crippen LogP contribution < -0.4 is 10.5 Å². The summed E-state index contributed by atoms with van der Waals surface area (Å²) in [6.45, 7) is 2.45. The zero-order valence-corrected chi connectivity index (χ0v) is 16.9. The Morgan fingerprint density at radius 1 is 1.14 bits per heavy atom. The van der Waals surface area contributed by atoms with Crippen LogP contribution in [0, 0.1) is 0 Å². The lowest BCUT2D eigenvalue weighted by Gasteiger charge is -2.18. The predicted octanol–water partition coefficient (Wildman–Crippen LogP) is 3.18. The second kappa shape index (κ2) is 8.13. The minimum Gasteiger partial charge on any atom is -0.493 e. The summed E-state index contributed by atoms with van der Waals surface area (Å²) in [5, 5.41) is 10.5. The van der Waals surface area contributed by atoms with Gasteiger partial charge in [-0.25, -0.2) is 0 Å². The molecular weight excluding hydrogens is 386 g/mol. The molecule has 1 aromatic heterocycles. The van der Waals surface area contributed by atoms with Crippen LogP contribution in [0.4, 0.5) is 5.69 Å². The van der Waals surface area contributed by atoms with Crippen LogP contribution in [0.2, 0.25) is 0 Å². The van der Waals surface area contributed by atoms with Gasteiger partial charge in [0.2, 0.25) is 11.8 Å². The fraction of sp³-hybridized carbons (Fsp3) is 0.227. The predicted molar refractivity (Wildman–Crippen MR) is 114 cm³/mol. The van der Waals surface area contributed by atoms with Gasteiger partial charge in [0.1, 0.15) is 0 Å². The van der Waals surface area contributed by atoms with Gasteiger partial charge in [-0.1, -0.05) is 55.1 Å². The highest BCUT2D eigenvalue weighted by Gasteiger charge is 2.25. The molecule has 2 aromatic carbocycles. The van der Waals surface area contributed by atoms with Crippen molar-refractivity contribution in [3.05, 3.63) is 76.1 Å². The highest BCUT2D eigenvalue weighted by molar-refractivity contribution is 7.99.